The van der Waals surface area contributed by atoms with Crippen LogP contribution in [0.3, 0.4) is 0 Å². The molecule has 0 aliphatic carbocycles. The SMILES string of the molecule is CCS(=O)(=O)N1C[C@H](C(=O)Nc2ccc(I)cc2C)Oc2ccccc21. The van der Waals surface area contributed by atoms with E-state index in [-0.39, 0.29) is 18.2 Å². The van der Waals surface area contributed by atoms with E-state index >= 15 is 0 Å². The standard InChI is InChI=1S/C18H19IN2O4S/c1-3-26(23,24)21-11-17(25-16-7-5-4-6-15(16)21)18(22)20-14-9-8-13(19)10-12(14)2/h4-10,17H,3,11H2,1-2H3,(H,20,22)/t17-/m1/s1. The number of nitrogens with one attached hydrogen (secondary N) is 1. The van der Waals surface area contributed by atoms with E-state index in [4.69, 9.17) is 4.74 Å². The van der Waals surface area contributed by atoms with Gasteiger partial charge in [-0.25, -0.2) is 8.42 Å². The Balaban J connectivity index is 1.88. The molecule has 0 aromatic heterocycles. The Morgan fingerprint density at radius 3 is 2.73 bits per heavy atom. The summed E-state index contributed by atoms with van der Waals surface area (Å²) < 4.78 is 33.1. The number of rotatable bonds is 4. The first-order valence-electron chi connectivity index (χ1n) is 8.15. The van der Waals surface area contributed by atoms with Gasteiger partial charge in [0.25, 0.3) is 5.91 Å². The Morgan fingerprint density at radius 2 is 2.04 bits per heavy atom. The van der Waals surface area contributed by atoms with Crippen molar-refractivity contribution in [2.45, 2.75) is 20.0 Å². The van der Waals surface area contributed by atoms with E-state index in [0.717, 1.165) is 9.13 Å². The normalized spacial score (nSPS) is 16.6. The minimum atomic E-state index is -3.52. The minimum Gasteiger partial charge on any atom is -0.476 e. The summed E-state index contributed by atoms with van der Waals surface area (Å²) in [5, 5.41) is 2.84. The Morgan fingerprint density at radius 1 is 1.31 bits per heavy atom. The van der Waals surface area contributed by atoms with Crippen molar-refractivity contribution in [2.75, 3.05) is 21.9 Å². The number of benzene rings is 2. The summed E-state index contributed by atoms with van der Waals surface area (Å²) in [6, 6.07) is 12.5. The second-order valence-electron chi connectivity index (χ2n) is 5.95. The highest BCUT2D eigenvalue weighted by Gasteiger charge is 2.36. The number of carbonyl (C=O) groups excluding carboxylic acids is 1. The second-order valence-corrected chi connectivity index (χ2v) is 9.38. The zero-order valence-electron chi connectivity index (χ0n) is 14.4. The molecule has 0 spiro atoms. The number of hydrogen-bond donors (Lipinski definition) is 1. The maximum Gasteiger partial charge on any atom is 0.267 e. The molecule has 8 heteroatoms. The van der Waals surface area contributed by atoms with Crippen molar-refractivity contribution >= 4 is 49.9 Å². The first-order valence-corrected chi connectivity index (χ1v) is 10.8. The van der Waals surface area contributed by atoms with Gasteiger partial charge >= 0.3 is 0 Å². The molecule has 0 saturated carbocycles. The Hall–Kier alpha value is -1.81. The molecule has 0 bridgehead atoms. The third-order valence-corrected chi connectivity index (χ3v) is 6.59. The van der Waals surface area contributed by atoms with Crippen LogP contribution in [0.1, 0.15) is 12.5 Å². The molecule has 138 valence electrons. The zero-order valence-corrected chi connectivity index (χ0v) is 17.4. The predicted molar refractivity (Wildman–Crippen MR) is 110 cm³/mol. The van der Waals surface area contributed by atoms with Crippen LogP contribution in [-0.4, -0.2) is 32.7 Å². The topological polar surface area (TPSA) is 75.7 Å². The molecule has 3 rings (SSSR count). The summed E-state index contributed by atoms with van der Waals surface area (Å²) in [4.78, 5) is 12.7. The van der Waals surface area contributed by atoms with Crippen molar-refractivity contribution in [3.8, 4) is 5.75 Å². The highest BCUT2D eigenvalue weighted by molar-refractivity contribution is 14.1. The zero-order chi connectivity index (χ0) is 18.9. The highest BCUT2D eigenvalue weighted by atomic mass is 127. The van der Waals surface area contributed by atoms with E-state index in [1.54, 1.807) is 31.2 Å². The van der Waals surface area contributed by atoms with E-state index < -0.39 is 16.1 Å². The second kappa shape index (κ2) is 7.43. The number of amides is 1. The molecule has 1 amide bonds. The number of para-hydroxylation sites is 2. The van der Waals surface area contributed by atoms with Crippen molar-refractivity contribution in [3.05, 3.63) is 51.6 Å². The first kappa shape index (κ1) is 19.0. The number of carbonyl (C=O) groups is 1. The van der Waals surface area contributed by atoms with Crippen LogP contribution in [0.15, 0.2) is 42.5 Å². The fraction of sp³-hybridized carbons (Fsp3) is 0.278. The summed E-state index contributed by atoms with van der Waals surface area (Å²) in [5.74, 6) is -0.0401. The van der Waals surface area contributed by atoms with Gasteiger partial charge in [-0.15, -0.1) is 0 Å². The van der Waals surface area contributed by atoms with Gasteiger partial charge in [-0.1, -0.05) is 12.1 Å². The van der Waals surface area contributed by atoms with E-state index in [1.807, 2.05) is 25.1 Å². The quantitative estimate of drug-likeness (QED) is 0.674. The van der Waals surface area contributed by atoms with Gasteiger partial charge in [0.15, 0.2) is 6.10 Å². The number of fused-ring (bicyclic) bond motifs is 1. The molecule has 0 radical (unpaired) electrons. The molecular weight excluding hydrogens is 467 g/mol. The number of halogens is 1. The molecule has 1 N–H and O–H groups in total. The molecule has 0 saturated heterocycles. The number of aryl methyl sites for hydroxylation is 1. The lowest BCUT2D eigenvalue weighted by atomic mass is 10.2. The van der Waals surface area contributed by atoms with Crippen LogP contribution in [0.5, 0.6) is 5.75 Å². The van der Waals surface area contributed by atoms with Gasteiger partial charge in [0, 0.05) is 9.26 Å². The lowest BCUT2D eigenvalue weighted by Crippen LogP contribution is -2.49. The summed E-state index contributed by atoms with van der Waals surface area (Å²) >= 11 is 2.20. The van der Waals surface area contributed by atoms with Crippen molar-refractivity contribution in [3.63, 3.8) is 0 Å². The van der Waals surface area contributed by atoms with Crippen molar-refractivity contribution in [2.24, 2.45) is 0 Å². The van der Waals surface area contributed by atoms with Gasteiger partial charge in [0.2, 0.25) is 10.0 Å². The third kappa shape index (κ3) is 3.80. The van der Waals surface area contributed by atoms with Gasteiger partial charge in [0.1, 0.15) is 5.75 Å². The fourth-order valence-corrected chi connectivity index (χ4v) is 4.51. The smallest absolute Gasteiger partial charge is 0.267 e. The molecular formula is C18H19IN2O4S. The maximum absolute atomic E-state index is 12.7. The van der Waals surface area contributed by atoms with E-state index in [1.165, 1.54) is 4.31 Å². The van der Waals surface area contributed by atoms with Gasteiger partial charge in [-0.3, -0.25) is 9.10 Å². The van der Waals surface area contributed by atoms with E-state index in [2.05, 4.69) is 27.9 Å². The largest absolute Gasteiger partial charge is 0.476 e. The van der Waals surface area contributed by atoms with Gasteiger partial charge < -0.3 is 10.1 Å². The summed E-state index contributed by atoms with van der Waals surface area (Å²) in [6.07, 6.45) is -0.926. The van der Waals surface area contributed by atoms with Crippen molar-refractivity contribution in [1.82, 2.24) is 0 Å². The van der Waals surface area contributed by atoms with Crippen molar-refractivity contribution < 1.29 is 17.9 Å². The van der Waals surface area contributed by atoms with Gasteiger partial charge in [-0.2, -0.15) is 0 Å². The summed E-state index contributed by atoms with van der Waals surface area (Å²) in [5.41, 5.74) is 2.08. The number of hydrogen-bond acceptors (Lipinski definition) is 4. The molecule has 2 aromatic rings. The molecule has 26 heavy (non-hydrogen) atoms. The Kier molecular flexibility index (Phi) is 5.42. The molecule has 1 heterocycles. The van der Waals surface area contributed by atoms with Crippen LogP contribution in [0.4, 0.5) is 11.4 Å². The Bertz CT molecular complexity index is 946. The van der Waals surface area contributed by atoms with Crippen LogP contribution in [-0.2, 0) is 14.8 Å². The summed E-state index contributed by atoms with van der Waals surface area (Å²) in [7, 11) is -3.52. The lowest BCUT2D eigenvalue weighted by molar-refractivity contribution is -0.122. The molecule has 2 aromatic carbocycles. The highest BCUT2D eigenvalue weighted by Crippen LogP contribution is 2.35. The van der Waals surface area contributed by atoms with Gasteiger partial charge in [0.05, 0.1) is 18.0 Å². The average Bonchev–Trinajstić information content (AvgIpc) is 2.63. The van der Waals surface area contributed by atoms with Crippen LogP contribution < -0.4 is 14.4 Å². The maximum atomic E-state index is 12.7. The van der Waals surface area contributed by atoms with Gasteiger partial charge in [-0.05, 0) is 72.3 Å². The predicted octanol–water partition coefficient (Wildman–Crippen LogP) is 3.16. The molecule has 1 aliphatic heterocycles. The van der Waals surface area contributed by atoms with Crippen LogP contribution in [0.2, 0.25) is 0 Å². The van der Waals surface area contributed by atoms with Crippen LogP contribution in [0.25, 0.3) is 0 Å². The number of sulfonamides is 1. The van der Waals surface area contributed by atoms with Crippen LogP contribution >= 0.6 is 22.6 Å². The molecule has 6 nitrogen and oxygen atoms in total. The Labute approximate surface area is 166 Å². The van der Waals surface area contributed by atoms with Crippen molar-refractivity contribution in [1.29, 1.82) is 0 Å². The fourth-order valence-electron chi connectivity index (χ4n) is 2.74. The molecule has 1 atom stereocenters. The first-order chi connectivity index (χ1) is 12.3. The number of nitrogens with zero attached hydrogens (tertiary/aromatic N) is 1. The summed E-state index contributed by atoms with van der Waals surface area (Å²) in [6.45, 7) is 3.43. The molecule has 0 unspecified atom stereocenters. The van der Waals surface area contributed by atoms with Crippen LogP contribution in [0, 0.1) is 10.5 Å². The lowest BCUT2D eigenvalue weighted by Gasteiger charge is -2.34. The number of anilines is 2. The average molecular weight is 486 g/mol. The number of ether oxygens (including phenoxy) is 1. The molecule has 1 aliphatic rings. The molecule has 0 fully saturated rings. The third-order valence-electron chi connectivity index (χ3n) is 4.17. The van der Waals surface area contributed by atoms with E-state index in [9.17, 15) is 13.2 Å². The minimum absolute atomic E-state index is 0.0497. The van der Waals surface area contributed by atoms with E-state index in [0.29, 0.717) is 17.1 Å². The monoisotopic (exact) mass is 486 g/mol.